The second-order valence-electron chi connectivity index (χ2n) is 2.07. The van der Waals surface area contributed by atoms with E-state index in [0.717, 1.165) is 5.56 Å². The zero-order valence-electron chi connectivity index (χ0n) is 6.38. The molecular formula is C7H12Cl2N2O. The largest absolute Gasteiger partial charge is 0.394 e. The van der Waals surface area contributed by atoms with Crippen molar-refractivity contribution in [2.24, 2.45) is 5.73 Å². The van der Waals surface area contributed by atoms with Crippen molar-refractivity contribution >= 4 is 24.8 Å². The van der Waals surface area contributed by atoms with Crippen molar-refractivity contribution in [2.75, 3.05) is 6.61 Å². The Morgan fingerprint density at radius 1 is 1.33 bits per heavy atom. The lowest BCUT2D eigenvalue weighted by Gasteiger charge is -2.05. The molecule has 1 heterocycles. The molecule has 1 aromatic heterocycles. The van der Waals surface area contributed by atoms with Crippen LogP contribution in [0.4, 0.5) is 0 Å². The fourth-order valence-electron chi connectivity index (χ4n) is 0.716. The maximum atomic E-state index is 8.64. The van der Waals surface area contributed by atoms with Crippen molar-refractivity contribution < 1.29 is 5.11 Å². The SMILES string of the molecule is Cl.Cl.N[C@@H](CO)c1ccncc1. The highest BCUT2D eigenvalue weighted by Crippen LogP contribution is 2.05. The molecular weight excluding hydrogens is 199 g/mol. The first kappa shape index (κ1) is 14.2. The Morgan fingerprint density at radius 3 is 2.25 bits per heavy atom. The minimum Gasteiger partial charge on any atom is -0.394 e. The predicted octanol–water partition coefficient (Wildman–Crippen LogP) is 0.917. The van der Waals surface area contributed by atoms with E-state index in [1.807, 2.05) is 0 Å². The summed E-state index contributed by atoms with van der Waals surface area (Å²) >= 11 is 0. The molecule has 0 aromatic carbocycles. The molecule has 70 valence electrons. The molecule has 0 fully saturated rings. The van der Waals surface area contributed by atoms with Gasteiger partial charge in [-0.05, 0) is 17.7 Å². The van der Waals surface area contributed by atoms with Gasteiger partial charge in [0, 0.05) is 12.4 Å². The van der Waals surface area contributed by atoms with Gasteiger partial charge in [-0.15, -0.1) is 24.8 Å². The second kappa shape index (κ2) is 7.31. The molecule has 0 saturated carbocycles. The van der Waals surface area contributed by atoms with E-state index in [9.17, 15) is 0 Å². The van der Waals surface area contributed by atoms with Crippen LogP contribution >= 0.6 is 24.8 Å². The summed E-state index contributed by atoms with van der Waals surface area (Å²) in [6.07, 6.45) is 3.32. The predicted molar refractivity (Wildman–Crippen MR) is 52.7 cm³/mol. The van der Waals surface area contributed by atoms with E-state index in [2.05, 4.69) is 4.98 Å². The number of nitrogens with two attached hydrogens (primary N) is 1. The van der Waals surface area contributed by atoms with Crippen LogP contribution in [0.15, 0.2) is 24.5 Å². The number of hydrogen-bond acceptors (Lipinski definition) is 3. The Hall–Kier alpha value is -0.350. The van der Waals surface area contributed by atoms with E-state index in [1.54, 1.807) is 24.5 Å². The van der Waals surface area contributed by atoms with Crippen LogP contribution in [0, 0.1) is 0 Å². The van der Waals surface area contributed by atoms with E-state index in [0.29, 0.717) is 0 Å². The number of nitrogens with zero attached hydrogens (tertiary/aromatic N) is 1. The zero-order valence-corrected chi connectivity index (χ0v) is 8.02. The van der Waals surface area contributed by atoms with Crippen molar-refractivity contribution in [3.05, 3.63) is 30.1 Å². The Bertz CT molecular complexity index is 196. The summed E-state index contributed by atoms with van der Waals surface area (Å²) in [5, 5.41) is 8.64. The van der Waals surface area contributed by atoms with Gasteiger partial charge in [-0.2, -0.15) is 0 Å². The quantitative estimate of drug-likeness (QED) is 0.764. The normalized spacial score (nSPS) is 10.8. The molecule has 0 bridgehead atoms. The fraction of sp³-hybridized carbons (Fsp3) is 0.286. The van der Waals surface area contributed by atoms with Crippen LogP contribution < -0.4 is 5.73 Å². The van der Waals surface area contributed by atoms with E-state index in [1.165, 1.54) is 0 Å². The van der Waals surface area contributed by atoms with Crippen LogP contribution in [0.1, 0.15) is 11.6 Å². The third-order valence-electron chi connectivity index (χ3n) is 1.33. The first-order valence-electron chi connectivity index (χ1n) is 3.11. The van der Waals surface area contributed by atoms with Crippen LogP contribution in [-0.2, 0) is 0 Å². The Kier molecular flexibility index (Phi) is 8.64. The molecule has 0 radical (unpaired) electrons. The maximum Gasteiger partial charge on any atom is 0.0624 e. The summed E-state index contributed by atoms with van der Waals surface area (Å²) in [4.78, 5) is 3.82. The topological polar surface area (TPSA) is 59.1 Å². The number of rotatable bonds is 2. The minimum atomic E-state index is -0.275. The molecule has 3 nitrogen and oxygen atoms in total. The van der Waals surface area contributed by atoms with Gasteiger partial charge in [0.15, 0.2) is 0 Å². The molecule has 0 aliphatic heterocycles. The summed E-state index contributed by atoms with van der Waals surface area (Å²) in [5.41, 5.74) is 6.43. The summed E-state index contributed by atoms with van der Waals surface area (Å²) < 4.78 is 0. The fourth-order valence-corrected chi connectivity index (χ4v) is 0.716. The molecule has 0 aliphatic rings. The van der Waals surface area contributed by atoms with E-state index < -0.39 is 0 Å². The molecule has 0 unspecified atom stereocenters. The smallest absolute Gasteiger partial charge is 0.0624 e. The standard InChI is InChI=1S/C7H10N2O.2ClH/c8-7(5-10)6-1-3-9-4-2-6;;/h1-4,7,10H,5,8H2;2*1H/t7-;;/m0../s1. The van der Waals surface area contributed by atoms with Crippen molar-refractivity contribution in [3.63, 3.8) is 0 Å². The van der Waals surface area contributed by atoms with Crippen LogP contribution in [0.25, 0.3) is 0 Å². The number of aliphatic hydroxyl groups is 1. The van der Waals surface area contributed by atoms with Gasteiger partial charge in [0.05, 0.1) is 12.6 Å². The number of aromatic nitrogens is 1. The van der Waals surface area contributed by atoms with Gasteiger partial charge in [-0.1, -0.05) is 0 Å². The average molecular weight is 211 g/mol. The number of pyridine rings is 1. The first-order valence-corrected chi connectivity index (χ1v) is 3.11. The Morgan fingerprint density at radius 2 is 1.83 bits per heavy atom. The molecule has 5 heteroatoms. The lowest BCUT2D eigenvalue weighted by atomic mass is 10.1. The molecule has 0 saturated heterocycles. The van der Waals surface area contributed by atoms with Crippen LogP contribution in [0.5, 0.6) is 0 Å². The van der Waals surface area contributed by atoms with Crippen LogP contribution in [0.3, 0.4) is 0 Å². The van der Waals surface area contributed by atoms with Gasteiger partial charge in [0.1, 0.15) is 0 Å². The molecule has 0 spiro atoms. The van der Waals surface area contributed by atoms with Crippen molar-refractivity contribution in [1.29, 1.82) is 0 Å². The number of hydrogen-bond donors (Lipinski definition) is 2. The van der Waals surface area contributed by atoms with Crippen molar-refractivity contribution in [3.8, 4) is 0 Å². The van der Waals surface area contributed by atoms with Gasteiger partial charge >= 0.3 is 0 Å². The highest BCUT2D eigenvalue weighted by atomic mass is 35.5. The minimum absolute atomic E-state index is 0. The van der Waals surface area contributed by atoms with Crippen LogP contribution in [-0.4, -0.2) is 16.7 Å². The van der Waals surface area contributed by atoms with Gasteiger partial charge in [-0.3, -0.25) is 4.98 Å². The maximum absolute atomic E-state index is 8.64. The van der Waals surface area contributed by atoms with Gasteiger partial charge < -0.3 is 10.8 Å². The lowest BCUT2D eigenvalue weighted by Crippen LogP contribution is -2.14. The Labute approximate surface area is 83.8 Å². The van der Waals surface area contributed by atoms with E-state index in [4.69, 9.17) is 10.8 Å². The molecule has 0 aliphatic carbocycles. The average Bonchev–Trinajstić information content (AvgIpc) is 2.05. The van der Waals surface area contributed by atoms with E-state index >= 15 is 0 Å². The third-order valence-corrected chi connectivity index (χ3v) is 1.33. The molecule has 0 amide bonds. The summed E-state index contributed by atoms with van der Waals surface area (Å²) in [6, 6.07) is 3.31. The highest BCUT2D eigenvalue weighted by molar-refractivity contribution is 5.85. The summed E-state index contributed by atoms with van der Waals surface area (Å²) in [5.74, 6) is 0. The van der Waals surface area contributed by atoms with Crippen LogP contribution in [0.2, 0.25) is 0 Å². The molecule has 3 N–H and O–H groups in total. The van der Waals surface area contributed by atoms with E-state index in [-0.39, 0.29) is 37.5 Å². The monoisotopic (exact) mass is 210 g/mol. The van der Waals surface area contributed by atoms with Gasteiger partial charge in [0.25, 0.3) is 0 Å². The summed E-state index contributed by atoms with van der Waals surface area (Å²) in [6.45, 7) is -0.0238. The zero-order chi connectivity index (χ0) is 7.40. The summed E-state index contributed by atoms with van der Waals surface area (Å²) in [7, 11) is 0. The van der Waals surface area contributed by atoms with Crippen molar-refractivity contribution in [2.45, 2.75) is 6.04 Å². The molecule has 1 atom stereocenters. The highest BCUT2D eigenvalue weighted by Gasteiger charge is 2.00. The second-order valence-corrected chi connectivity index (χ2v) is 2.07. The molecule has 12 heavy (non-hydrogen) atoms. The lowest BCUT2D eigenvalue weighted by molar-refractivity contribution is 0.268. The van der Waals surface area contributed by atoms with Gasteiger partial charge in [-0.25, -0.2) is 0 Å². The molecule has 1 rings (SSSR count). The van der Waals surface area contributed by atoms with Crippen molar-refractivity contribution in [1.82, 2.24) is 4.98 Å². The Balaban J connectivity index is 0. The number of halogens is 2. The first-order chi connectivity index (χ1) is 4.84. The molecule has 1 aromatic rings. The third kappa shape index (κ3) is 3.88. The number of aliphatic hydroxyl groups excluding tert-OH is 1. The van der Waals surface area contributed by atoms with Gasteiger partial charge in [0.2, 0.25) is 0 Å².